The molecule has 0 unspecified atom stereocenters. The van der Waals surface area contributed by atoms with Gasteiger partial charge >= 0.3 is 6.03 Å². The molecule has 5 N–H and O–H groups in total. The molecule has 0 heterocycles. The summed E-state index contributed by atoms with van der Waals surface area (Å²) in [6, 6.07) is 13.8. The normalized spacial score (nSPS) is 10.1. The van der Waals surface area contributed by atoms with Gasteiger partial charge in [0.05, 0.1) is 18.0 Å². The Morgan fingerprint density at radius 2 is 1.76 bits per heavy atom. The van der Waals surface area contributed by atoms with E-state index in [4.69, 9.17) is 10.5 Å². The first-order valence-corrected chi connectivity index (χ1v) is 7.85. The van der Waals surface area contributed by atoms with Gasteiger partial charge in [-0.2, -0.15) is 0 Å². The number of urea groups is 1. The Balaban J connectivity index is 1.86. The van der Waals surface area contributed by atoms with Crippen LogP contribution in [0.1, 0.15) is 15.9 Å². The summed E-state index contributed by atoms with van der Waals surface area (Å²) in [4.78, 5) is 23.8. The summed E-state index contributed by atoms with van der Waals surface area (Å²) < 4.78 is 4.85. The summed E-state index contributed by atoms with van der Waals surface area (Å²) in [6.07, 6.45) is 0. The molecule has 2 aromatic carbocycles. The van der Waals surface area contributed by atoms with Crippen molar-refractivity contribution in [1.82, 2.24) is 10.6 Å². The molecule has 0 saturated carbocycles. The van der Waals surface area contributed by atoms with E-state index < -0.39 is 0 Å². The summed E-state index contributed by atoms with van der Waals surface area (Å²) in [5, 5.41) is 8.17. The fraction of sp³-hybridized carbons (Fsp3) is 0.222. The van der Waals surface area contributed by atoms with Crippen molar-refractivity contribution in [2.24, 2.45) is 0 Å². The van der Waals surface area contributed by atoms with Crippen molar-refractivity contribution in [3.05, 3.63) is 59.7 Å². The molecular weight excluding hydrogens is 320 g/mol. The van der Waals surface area contributed by atoms with Crippen LogP contribution in [-0.4, -0.2) is 32.2 Å². The molecule has 7 nitrogen and oxygen atoms in total. The number of hydrogen-bond donors (Lipinski definition) is 4. The van der Waals surface area contributed by atoms with E-state index in [2.05, 4.69) is 16.0 Å². The third kappa shape index (κ3) is 5.82. The Hall–Kier alpha value is -3.06. The van der Waals surface area contributed by atoms with Crippen molar-refractivity contribution in [3.8, 4) is 0 Å². The first kappa shape index (κ1) is 18.3. The number of carbonyl (C=O) groups is 2. The third-order valence-electron chi connectivity index (χ3n) is 3.47. The molecular formula is C18H22N4O3. The van der Waals surface area contributed by atoms with E-state index in [-0.39, 0.29) is 11.9 Å². The Labute approximate surface area is 146 Å². The maximum absolute atomic E-state index is 12.2. The highest BCUT2D eigenvalue weighted by Gasteiger charge is 2.08. The van der Waals surface area contributed by atoms with Crippen LogP contribution < -0.4 is 21.7 Å². The van der Waals surface area contributed by atoms with Crippen LogP contribution in [-0.2, 0) is 11.3 Å². The van der Waals surface area contributed by atoms with Gasteiger partial charge in [-0.15, -0.1) is 0 Å². The fourth-order valence-corrected chi connectivity index (χ4v) is 2.09. The standard InChI is InChI=1S/C18H22N4O3/c1-25-11-10-20-18(24)21-12-13-6-8-14(9-7-13)17(23)22-16-5-3-2-4-15(16)19/h2-9H,10-12,19H2,1H3,(H,22,23)(H2,20,21,24). The largest absolute Gasteiger partial charge is 0.397 e. The predicted molar refractivity (Wildman–Crippen MR) is 97.4 cm³/mol. The van der Waals surface area contributed by atoms with Crippen molar-refractivity contribution < 1.29 is 14.3 Å². The minimum atomic E-state index is -0.265. The lowest BCUT2D eigenvalue weighted by Crippen LogP contribution is -2.36. The second kappa shape index (κ2) is 9.29. The highest BCUT2D eigenvalue weighted by atomic mass is 16.5. The van der Waals surface area contributed by atoms with Crippen LogP contribution in [0.15, 0.2) is 48.5 Å². The van der Waals surface area contributed by atoms with Gasteiger partial charge in [0.15, 0.2) is 0 Å². The predicted octanol–water partition coefficient (Wildman–Crippen LogP) is 1.97. The molecule has 0 atom stereocenters. The molecule has 0 aromatic heterocycles. The summed E-state index contributed by atoms with van der Waals surface area (Å²) in [7, 11) is 1.57. The molecule has 3 amide bonds. The van der Waals surface area contributed by atoms with Crippen molar-refractivity contribution in [3.63, 3.8) is 0 Å². The number of ether oxygens (including phenoxy) is 1. The molecule has 0 spiro atoms. The molecule has 0 aliphatic rings. The van der Waals surface area contributed by atoms with Gasteiger partial charge in [-0.1, -0.05) is 24.3 Å². The van der Waals surface area contributed by atoms with Crippen LogP contribution in [0.25, 0.3) is 0 Å². The summed E-state index contributed by atoms with van der Waals surface area (Å²) >= 11 is 0. The van der Waals surface area contributed by atoms with Crippen LogP contribution in [0.3, 0.4) is 0 Å². The number of nitrogens with two attached hydrogens (primary N) is 1. The summed E-state index contributed by atoms with van der Waals surface area (Å²) in [5.74, 6) is -0.241. The maximum atomic E-state index is 12.2. The number of methoxy groups -OCH3 is 1. The molecule has 132 valence electrons. The third-order valence-corrected chi connectivity index (χ3v) is 3.47. The lowest BCUT2D eigenvalue weighted by atomic mass is 10.1. The van der Waals surface area contributed by atoms with Gasteiger partial charge < -0.3 is 26.4 Å². The van der Waals surface area contributed by atoms with Crippen molar-refractivity contribution in [1.29, 1.82) is 0 Å². The number of benzene rings is 2. The Kier molecular flexibility index (Phi) is 6.79. The zero-order valence-corrected chi connectivity index (χ0v) is 14.0. The number of nitrogens with one attached hydrogen (secondary N) is 3. The fourth-order valence-electron chi connectivity index (χ4n) is 2.09. The number of rotatable bonds is 7. The van der Waals surface area contributed by atoms with Crippen LogP contribution in [0.4, 0.5) is 16.2 Å². The number of hydrogen-bond acceptors (Lipinski definition) is 4. The quantitative estimate of drug-likeness (QED) is 0.456. The molecule has 2 rings (SSSR count). The first-order valence-electron chi connectivity index (χ1n) is 7.85. The van der Waals surface area contributed by atoms with Crippen molar-refractivity contribution in [2.45, 2.75) is 6.54 Å². The number of nitrogen functional groups attached to an aromatic ring is 1. The average molecular weight is 342 g/mol. The van der Waals surface area contributed by atoms with Gasteiger partial charge in [-0.25, -0.2) is 4.79 Å². The number of anilines is 2. The SMILES string of the molecule is COCCNC(=O)NCc1ccc(C(=O)Nc2ccccc2N)cc1. The Morgan fingerprint density at radius 3 is 2.44 bits per heavy atom. The first-order chi connectivity index (χ1) is 12.1. The molecule has 0 aliphatic carbocycles. The van der Waals surface area contributed by atoms with Crippen LogP contribution in [0.2, 0.25) is 0 Å². The lowest BCUT2D eigenvalue weighted by molar-refractivity contribution is 0.102. The van der Waals surface area contributed by atoms with Gasteiger partial charge in [0.1, 0.15) is 0 Å². The maximum Gasteiger partial charge on any atom is 0.315 e. The topological polar surface area (TPSA) is 105 Å². The summed E-state index contributed by atoms with van der Waals surface area (Å²) in [6.45, 7) is 1.28. The van der Waals surface area contributed by atoms with E-state index >= 15 is 0 Å². The zero-order valence-electron chi connectivity index (χ0n) is 14.0. The minimum Gasteiger partial charge on any atom is -0.397 e. The van der Waals surface area contributed by atoms with Crippen molar-refractivity contribution in [2.75, 3.05) is 31.3 Å². The van der Waals surface area contributed by atoms with E-state index in [0.717, 1.165) is 5.56 Å². The Morgan fingerprint density at radius 1 is 1.04 bits per heavy atom. The van der Waals surface area contributed by atoms with E-state index in [9.17, 15) is 9.59 Å². The smallest absolute Gasteiger partial charge is 0.315 e. The Bertz CT molecular complexity index is 717. The molecule has 2 aromatic rings. The van der Waals surface area contributed by atoms with Gasteiger partial charge in [-0.3, -0.25) is 4.79 Å². The zero-order chi connectivity index (χ0) is 18.1. The average Bonchev–Trinajstić information content (AvgIpc) is 2.62. The number of para-hydroxylation sites is 2. The molecule has 0 radical (unpaired) electrons. The van der Waals surface area contributed by atoms with Gasteiger partial charge in [-0.05, 0) is 29.8 Å². The van der Waals surface area contributed by atoms with E-state index in [0.29, 0.717) is 36.6 Å². The van der Waals surface area contributed by atoms with Crippen LogP contribution >= 0.6 is 0 Å². The second-order valence-corrected chi connectivity index (χ2v) is 5.34. The monoisotopic (exact) mass is 342 g/mol. The number of amides is 3. The molecule has 0 bridgehead atoms. The van der Waals surface area contributed by atoms with Gasteiger partial charge in [0.25, 0.3) is 5.91 Å². The summed E-state index contributed by atoms with van der Waals surface area (Å²) in [5.41, 5.74) is 8.30. The van der Waals surface area contributed by atoms with Crippen molar-refractivity contribution >= 4 is 23.3 Å². The van der Waals surface area contributed by atoms with Gasteiger partial charge in [0, 0.05) is 25.8 Å². The van der Waals surface area contributed by atoms with E-state index in [1.807, 2.05) is 0 Å². The molecule has 0 fully saturated rings. The van der Waals surface area contributed by atoms with Crippen LogP contribution in [0, 0.1) is 0 Å². The second-order valence-electron chi connectivity index (χ2n) is 5.34. The minimum absolute atomic E-state index is 0.241. The highest BCUT2D eigenvalue weighted by Crippen LogP contribution is 2.18. The molecule has 0 saturated heterocycles. The van der Waals surface area contributed by atoms with E-state index in [1.54, 1.807) is 55.6 Å². The highest BCUT2D eigenvalue weighted by molar-refractivity contribution is 6.05. The molecule has 0 aliphatic heterocycles. The van der Waals surface area contributed by atoms with Crippen LogP contribution in [0.5, 0.6) is 0 Å². The number of carbonyl (C=O) groups excluding carboxylic acids is 2. The molecule has 7 heteroatoms. The van der Waals surface area contributed by atoms with Gasteiger partial charge in [0.2, 0.25) is 0 Å². The van der Waals surface area contributed by atoms with E-state index in [1.165, 1.54) is 0 Å². The lowest BCUT2D eigenvalue weighted by Gasteiger charge is -2.09. The molecule has 25 heavy (non-hydrogen) atoms.